The van der Waals surface area contributed by atoms with Crippen LogP contribution in [0.5, 0.6) is 0 Å². The van der Waals surface area contributed by atoms with Gasteiger partial charge < -0.3 is 14.6 Å². The Morgan fingerprint density at radius 2 is 2.22 bits per heavy atom. The monoisotopic (exact) mass is 246 g/mol. The molecule has 0 atom stereocenters. The number of nitrogens with one attached hydrogen (secondary N) is 1. The van der Waals surface area contributed by atoms with E-state index in [0.717, 1.165) is 0 Å². The van der Waals surface area contributed by atoms with Crippen LogP contribution in [0, 0.1) is 5.82 Å². The first-order valence-electron chi connectivity index (χ1n) is 5.13. The summed E-state index contributed by atoms with van der Waals surface area (Å²) in [4.78, 5) is 13.5. The molecule has 0 amide bonds. The zero-order valence-electron chi connectivity index (χ0n) is 8.98. The molecule has 0 saturated carbocycles. The van der Waals surface area contributed by atoms with Gasteiger partial charge in [0, 0.05) is 11.5 Å². The second-order valence-corrected chi connectivity index (χ2v) is 3.77. The molecule has 0 aliphatic rings. The van der Waals surface area contributed by atoms with E-state index in [1.54, 1.807) is 18.2 Å². The summed E-state index contributed by atoms with van der Waals surface area (Å²) in [7, 11) is 0. The standard InChI is InChI=1S/C12H7FN2O3/c13-7-3-1-2-6-4-8(14-11(6)7)9-5-10(12(16)17)18-15-9/h1-5,14H,(H,16,17). The van der Waals surface area contributed by atoms with Crippen molar-refractivity contribution in [2.75, 3.05) is 0 Å². The van der Waals surface area contributed by atoms with Gasteiger partial charge in [-0.15, -0.1) is 0 Å². The number of fused-ring (bicyclic) bond motifs is 1. The number of carboxylic acids is 1. The molecule has 90 valence electrons. The molecule has 3 rings (SSSR count). The maximum atomic E-state index is 13.5. The van der Waals surface area contributed by atoms with Crippen LogP contribution >= 0.6 is 0 Å². The first-order chi connectivity index (χ1) is 8.65. The first-order valence-corrected chi connectivity index (χ1v) is 5.13. The number of benzene rings is 1. The molecule has 0 aliphatic carbocycles. The lowest BCUT2D eigenvalue weighted by Crippen LogP contribution is -1.91. The molecule has 2 N–H and O–H groups in total. The van der Waals surface area contributed by atoms with Crippen LogP contribution in [0.2, 0.25) is 0 Å². The van der Waals surface area contributed by atoms with E-state index in [4.69, 9.17) is 5.11 Å². The Hall–Kier alpha value is -2.63. The third-order valence-corrected chi connectivity index (χ3v) is 2.60. The summed E-state index contributed by atoms with van der Waals surface area (Å²) >= 11 is 0. The summed E-state index contributed by atoms with van der Waals surface area (Å²) in [6, 6.07) is 7.65. The van der Waals surface area contributed by atoms with Gasteiger partial charge in [-0.05, 0) is 12.1 Å². The normalized spacial score (nSPS) is 10.9. The van der Waals surface area contributed by atoms with E-state index in [0.29, 0.717) is 22.3 Å². The van der Waals surface area contributed by atoms with E-state index in [1.165, 1.54) is 12.1 Å². The third-order valence-electron chi connectivity index (χ3n) is 2.60. The van der Waals surface area contributed by atoms with E-state index in [1.807, 2.05) is 0 Å². The number of halogens is 1. The maximum absolute atomic E-state index is 13.5. The zero-order valence-corrected chi connectivity index (χ0v) is 8.98. The average molecular weight is 246 g/mol. The number of para-hydroxylation sites is 1. The average Bonchev–Trinajstić information content (AvgIpc) is 2.95. The summed E-state index contributed by atoms with van der Waals surface area (Å²) in [6.07, 6.45) is 0. The van der Waals surface area contributed by atoms with Crippen molar-refractivity contribution in [1.29, 1.82) is 0 Å². The molecule has 0 bridgehead atoms. The molecule has 0 saturated heterocycles. The van der Waals surface area contributed by atoms with Crippen LogP contribution < -0.4 is 0 Å². The van der Waals surface area contributed by atoms with Crippen LogP contribution in [0.3, 0.4) is 0 Å². The molecule has 0 aliphatic heterocycles. The molecular formula is C12H7FN2O3. The summed E-state index contributed by atoms with van der Waals surface area (Å²) in [5.41, 5.74) is 1.18. The lowest BCUT2D eigenvalue weighted by molar-refractivity contribution is 0.0652. The van der Waals surface area contributed by atoms with Crippen LogP contribution in [-0.2, 0) is 0 Å². The lowest BCUT2D eigenvalue weighted by atomic mass is 10.2. The predicted molar refractivity (Wildman–Crippen MR) is 60.7 cm³/mol. The summed E-state index contributed by atoms with van der Waals surface area (Å²) in [6.45, 7) is 0. The van der Waals surface area contributed by atoms with Crippen molar-refractivity contribution in [2.45, 2.75) is 0 Å². The highest BCUT2D eigenvalue weighted by molar-refractivity contribution is 5.88. The molecule has 5 nitrogen and oxygen atoms in total. The van der Waals surface area contributed by atoms with E-state index in [9.17, 15) is 9.18 Å². The molecule has 0 fully saturated rings. The summed E-state index contributed by atoms with van der Waals surface area (Å²) in [5, 5.41) is 13.0. The molecule has 2 heterocycles. The Balaban J connectivity index is 2.13. The fourth-order valence-corrected chi connectivity index (χ4v) is 1.76. The minimum atomic E-state index is -1.20. The fourth-order valence-electron chi connectivity index (χ4n) is 1.76. The SMILES string of the molecule is O=C(O)c1cc(-c2cc3cccc(F)c3[nH]2)no1. The highest BCUT2D eigenvalue weighted by Crippen LogP contribution is 2.25. The predicted octanol–water partition coefficient (Wildman–Crippen LogP) is 2.66. The van der Waals surface area contributed by atoms with Crippen molar-refractivity contribution in [2.24, 2.45) is 0 Å². The highest BCUT2D eigenvalue weighted by atomic mass is 19.1. The van der Waals surface area contributed by atoms with Crippen molar-refractivity contribution >= 4 is 16.9 Å². The van der Waals surface area contributed by atoms with Gasteiger partial charge in [0.2, 0.25) is 5.76 Å². The second kappa shape index (κ2) is 3.69. The second-order valence-electron chi connectivity index (χ2n) is 3.77. The molecule has 0 unspecified atom stereocenters. The molecule has 3 aromatic rings. The smallest absolute Gasteiger partial charge is 0.374 e. The molecule has 0 radical (unpaired) electrons. The molecule has 6 heteroatoms. The number of carbonyl (C=O) groups is 1. The number of nitrogens with zero attached hydrogens (tertiary/aromatic N) is 1. The zero-order chi connectivity index (χ0) is 12.7. The number of hydrogen-bond acceptors (Lipinski definition) is 3. The number of rotatable bonds is 2. The van der Waals surface area contributed by atoms with Crippen LogP contribution in [0.4, 0.5) is 4.39 Å². The Labute approximate surface area is 99.8 Å². The topological polar surface area (TPSA) is 79.1 Å². The van der Waals surface area contributed by atoms with Crippen molar-refractivity contribution in [3.63, 3.8) is 0 Å². The van der Waals surface area contributed by atoms with Crippen LogP contribution in [0.1, 0.15) is 10.6 Å². The molecular weight excluding hydrogens is 239 g/mol. The van der Waals surface area contributed by atoms with Gasteiger partial charge in [0.15, 0.2) is 0 Å². The number of carboxylic acid groups (broad SMARTS) is 1. The first kappa shape index (κ1) is 10.5. The van der Waals surface area contributed by atoms with Gasteiger partial charge in [0.25, 0.3) is 0 Å². The van der Waals surface area contributed by atoms with E-state index in [-0.39, 0.29) is 11.6 Å². The van der Waals surface area contributed by atoms with E-state index >= 15 is 0 Å². The Bertz CT molecular complexity index is 745. The Morgan fingerprint density at radius 1 is 1.39 bits per heavy atom. The molecule has 2 aromatic heterocycles. The minimum absolute atomic E-state index is 0.260. The summed E-state index contributed by atoms with van der Waals surface area (Å²) < 4.78 is 18.1. The number of H-pyrrole nitrogens is 1. The fraction of sp³-hybridized carbons (Fsp3) is 0. The largest absolute Gasteiger partial charge is 0.475 e. The third kappa shape index (κ3) is 1.55. The van der Waals surface area contributed by atoms with Gasteiger partial charge in [-0.1, -0.05) is 17.3 Å². The van der Waals surface area contributed by atoms with Gasteiger partial charge in [-0.2, -0.15) is 0 Å². The Morgan fingerprint density at radius 3 is 2.89 bits per heavy atom. The van der Waals surface area contributed by atoms with Crippen LogP contribution in [0.15, 0.2) is 34.9 Å². The van der Waals surface area contributed by atoms with Gasteiger partial charge >= 0.3 is 5.97 Å². The lowest BCUT2D eigenvalue weighted by Gasteiger charge is -1.89. The summed E-state index contributed by atoms with van der Waals surface area (Å²) in [5.74, 6) is -1.83. The van der Waals surface area contributed by atoms with Crippen molar-refractivity contribution in [3.8, 4) is 11.4 Å². The van der Waals surface area contributed by atoms with Gasteiger partial charge in [0.1, 0.15) is 11.5 Å². The highest BCUT2D eigenvalue weighted by Gasteiger charge is 2.14. The Kier molecular flexibility index (Phi) is 2.16. The van der Waals surface area contributed by atoms with Crippen LogP contribution in [-0.4, -0.2) is 21.2 Å². The van der Waals surface area contributed by atoms with Crippen molar-refractivity contribution < 1.29 is 18.8 Å². The van der Waals surface area contributed by atoms with Crippen LogP contribution in [0.25, 0.3) is 22.3 Å². The molecule has 18 heavy (non-hydrogen) atoms. The number of hydrogen-bond donors (Lipinski definition) is 2. The molecule has 1 aromatic carbocycles. The van der Waals surface area contributed by atoms with Gasteiger partial charge in [-0.3, -0.25) is 0 Å². The minimum Gasteiger partial charge on any atom is -0.475 e. The van der Waals surface area contributed by atoms with E-state index < -0.39 is 5.97 Å². The van der Waals surface area contributed by atoms with Gasteiger partial charge in [-0.25, -0.2) is 9.18 Å². The number of aromatic nitrogens is 2. The van der Waals surface area contributed by atoms with Crippen molar-refractivity contribution in [1.82, 2.24) is 10.1 Å². The number of aromatic amines is 1. The van der Waals surface area contributed by atoms with E-state index in [2.05, 4.69) is 14.7 Å². The maximum Gasteiger partial charge on any atom is 0.374 e. The van der Waals surface area contributed by atoms with Crippen molar-refractivity contribution in [3.05, 3.63) is 41.9 Å². The quantitative estimate of drug-likeness (QED) is 0.728. The molecule has 0 spiro atoms. The number of aromatic carboxylic acids is 1. The van der Waals surface area contributed by atoms with Gasteiger partial charge in [0.05, 0.1) is 11.2 Å².